The van der Waals surface area contributed by atoms with Crippen LogP contribution in [0.25, 0.3) is 0 Å². The van der Waals surface area contributed by atoms with Crippen molar-refractivity contribution in [3.05, 3.63) is 95.3 Å². The lowest BCUT2D eigenvalue weighted by atomic mass is 9.73. The van der Waals surface area contributed by atoms with Crippen molar-refractivity contribution in [2.75, 3.05) is 13.1 Å². The lowest BCUT2D eigenvalue weighted by molar-refractivity contribution is 0.214. The Labute approximate surface area is 200 Å². The van der Waals surface area contributed by atoms with E-state index in [9.17, 15) is 17.2 Å². The molecular weight excluding hydrogens is 478 g/mol. The summed E-state index contributed by atoms with van der Waals surface area (Å²) in [6.07, 6.45) is 2.65. The van der Waals surface area contributed by atoms with Gasteiger partial charge in [-0.25, -0.2) is 22.2 Å². The van der Waals surface area contributed by atoms with E-state index in [1.807, 2.05) is 30.3 Å². The molecule has 11 heteroatoms. The van der Waals surface area contributed by atoms with Crippen LogP contribution in [0.1, 0.15) is 41.8 Å². The molecule has 0 radical (unpaired) electrons. The van der Waals surface area contributed by atoms with Gasteiger partial charge in [-0.05, 0) is 36.6 Å². The van der Waals surface area contributed by atoms with Gasteiger partial charge in [-0.3, -0.25) is 0 Å². The van der Waals surface area contributed by atoms with E-state index in [-0.39, 0.29) is 18.0 Å². The van der Waals surface area contributed by atoms with E-state index in [4.69, 9.17) is 8.94 Å². The molecule has 1 fully saturated rings. The number of aromatic nitrogens is 3. The van der Waals surface area contributed by atoms with Gasteiger partial charge in [0, 0.05) is 20.0 Å². The van der Waals surface area contributed by atoms with Gasteiger partial charge in [0.2, 0.25) is 15.9 Å². The van der Waals surface area contributed by atoms with E-state index >= 15 is 0 Å². The van der Waals surface area contributed by atoms with Gasteiger partial charge in [0.1, 0.15) is 5.76 Å². The van der Waals surface area contributed by atoms with Crippen LogP contribution in [0.15, 0.2) is 68.6 Å². The molecular formula is C24H22F2N4O4S. The van der Waals surface area contributed by atoms with Crippen LogP contribution in [0, 0.1) is 18.6 Å². The largest absolute Gasteiger partial charge is 0.446 e. The normalized spacial score (nSPS) is 16.4. The van der Waals surface area contributed by atoms with Crippen molar-refractivity contribution >= 4 is 10.0 Å². The van der Waals surface area contributed by atoms with Gasteiger partial charge in [-0.15, -0.1) is 0 Å². The first-order valence-corrected chi connectivity index (χ1v) is 12.5. The van der Waals surface area contributed by atoms with Gasteiger partial charge < -0.3 is 8.94 Å². The highest BCUT2D eigenvalue weighted by Gasteiger charge is 2.45. The van der Waals surface area contributed by atoms with Crippen LogP contribution in [0.3, 0.4) is 0 Å². The molecule has 5 rings (SSSR count). The third-order valence-electron chi connectivity index (χ3n) is 6.31. The number of rotatable bonds is 6. The van der Waals surface area contributed by atoms with Crippen LogP contribution in [0.4, 0.5) is 8.78 Å². The lowest BCUT2D eigenvalue weighted by Gasteiger charge is -2.39. The van der Waals surface area contributed by atoms with Crippen molar-refractivity contribution in [1.82, 2.24) is 19.4 Å². The summed E-state index contributed by atoms with van der Waals surface area (Å²) in [5.41, 5.74) is 0.222. The summed E-state index contributed by atoms with van der Waals surface area (Å²) < 4.78 is 65.7. The molecule has 35 heavy (non-hydrogen) atoms. The van der Waals surface area contributed by atoms with E-state index in [1.54, 1.807) is 13.1 Å². The third-order valence-corrected chi connectivity index (χ3v) is 8.20. The fourth-order valence-electron chi connectivity index (χ4n) is 4.44. The summed E-state index contributed by atoms with van der Waals surface area (Å²) >= 11 is 0. The molecule has 2 aromatic heterocycles. The molecule has 0 saturated carbocycles. The van der Waals surface area contributed by atoms with Crippen molar-refractivity contribution in [3.8, 4) is 0 Å². The number of benzene rings is 2. The maximum Gasteiger partial charge on any atom is 0.243 e. The van der Waals surface area contributed by atoms with Crippen molar-refractivity contribution in [1.29, 1.82) is 0 Å². The average molecular weight is 501 g/mol. The van der Waals surface area contributed by atoms with Crippen LogP contribution in [0.5, 0.6) is 0 Å². The van der Waals surface area contributed by atoms with E-state index in [2.05, 4.69) is 15.1 Å². The highest BCUT2D eigenvalue weighted by Crippen LogP contribution is 2.42. The molecule has 182 valence electrons. The number of oxazole rings is 1. The van der Waals surface area contributed by atoms with E-state index in [1.165, 1.54) is 4.31 Å². The molecule has 0 aliphatic carbocycles. The average Bonchev–Trinajstić information content (AvgIpc) is 3.50. The van der Waals surface area contributed by atoms with Crippen LogP contribution < -0.4 is 0 Å². The van der Waals surface area contributed by atoms with Crippen LogP contribution in [-0.2, 0) is 21.9 Å². The summed E-state index contributed by atoms with van der Waals surface area (Å²) in [5, 5.41) is 4.12. The number of piperidine rings is 1. The second kappa shape index (κ2) is 8.97. The van der Waals surface area contributed by atoms with Gasteiger partial charge in [0.25, 0.3) is 0 Å². The summed E-state index contributed by atoms with van der Waals surface area (Å²) in [6.45, 7) is 2.02. The van der Waals surface area contributed by atoms with E-state index in [0.29, 0.717) is 48.7 Å². The molecule has 1 aliphatic rings. The SMILES string of the molecule is Cc1ncc(Cc2noc(C3(c4ccccc4)CCN(S(=O)(=O)c4ccc(F)c(F)c4)CC3)n2)o1. The zero-order chi connectivity index (χ0) is 24.6. The van der Waals surface area contributed by atoms with E-state index in [0.717, 1.165) is 17.7 Å². The number of hydrogen-bond donors (Lipinski definition) is 0. The molecule has 0 N–H and O–H groups in total. The number of aryl methyl sites for hydroxylation is 1. The Morgan fingerprint density at radius 3 is 2.46 bits per heavy atom. The minimum absolute atomic E-state index is 0.134. The first-order chi connectivity index (χ1) is 16.8. The number of hydrogen-bond acceptors (Lipinski definition) is 7. The summed E-state index contributed by atoms with van der Waals surface area (Å²) in [7, 11) is -4.01. The molecule has 1 saturated heterocycles. The first kappa shape index (κ1) is 23.3. The Hall–Kier alpha value is -3.44. The molecule has 3 heterocycles. The fourth-order valence-corrected chi connectivity index (χ4v) is 5.89. The predicted octanol–water partition coefficient (Wildman–Crippen LogP) is 4.01. The van der Waals surface area contributed by atoms with Crippen molar-refractivity contribution in [2.24, 2.45) is 0 Å². The molecule has 0 atom stereocenters. The van der Waals surface area contributed by atoms with Crippen LogP contribution in [-0.4, -0.2) is 40.9 Å². The third kappa shape index (κ3) is 4.37. The molecule has 1 aliphatic heterocycles. The zero-order valence-electron chi connectivity index (χ0n) is 18.8. The molecule has 2 aromatic carbocycles. The fraction of sp³-hybridized carbons (Fsp3) is 0.292. The Bertz CT molecular complexity index is 1450. The van der Waals surface area contributed by atoms with Gasteiger partial charge in [-0.1, -0.05) is 35.5 Å². The smallest absolute Gasteiger partial charge is 0.243 e. The monoisotopic (exact) mass is 500 g/mol. The minimum atomic E-state index is -4.01. The minimum Gasteiger partial charge on any atom is -0.446 e. The molecule has 8 nitrogen and oxygen atoms in total. The molecule has 0 unspecified atom stereocenters. The molecule has 0 amide bonds. The second-order valence-electron chi connectivity index (χ2n) is 8.47. The quantitative estimate of drug-likeness (QED) is 0.394. The highest BCUT2D eigenvalue weighted by molar-refractivity contribution is 7.89. The van der Waals surface area contributed by atoms with Gasteiger partial charge in [-0.2, -0.15) is 9.29 Å². The lowest BCUT2D eigenvalue weighted by Crippen LogP contribution is -2.46. The molecule has 4 aromatic rings. The zero-order valence-corrected chi connectivity index (χ0v) is 19.6. The topological polar surface area (TPSA) is 102 Å². The van der Waals surface area contributed by atoms with Crippen molar-refractivity contribution in [3.63, 3.8) is 0 Å². The number of sulfonamides is 1. The Kier molecular flexibility index (Phi) is 5.97. The molecule has 0 spiro atoms. The maximum absolute atomic E-state index is 13.7. The van der Waals surface area contributed by atoms with Gasteiger partial charge in [0.05, 0.1) is 22.9 Å². The highest BCUT2D eigenvalue weighted by atomic mass is 32.2. The summed E-state index contributed by atoms with van der Waals surface area (Å²) in [5.74, 6) is -0.335. The van der Waals surface area contributed by atoms with Crippen LogP contribution >= 0.6 is 0 Å². The summed E-state index contributed by atoms with van der Waals surface area (Å²) in [6, 6.07) is 12.2. The van der Waals surface area contributed by atoms with Crippen LogP contribution in [0.2, 0.25) is 0 Å². The summed E-state index contributed by atoms with van der Waals surface area (Å²) in [4.78, 5) is 8.42. The van der Waals surface area contributed by atoms with Gasteiger partial charge in [0.15, 0.2) is 23.3 Å². The molecule has 0 bridgehead atoms. The Balaban J connectivity index is 1.43. The Morgan fingerprint density at radius 2 is 1.80 bits per heavy atom. The van der Waals surface area contributed by atoms with Crippen molar-refractivity contribution in [2.45, 2.75) is 36.5 Å². The standard InChI is InChI=1S/C24H22F2N4O4S/c1-16-27-15-18(33-16)13-22-28-23(34-29-22)24(17-5-3-2-4-6-17)9-11-30(12-10-24)35(31,32)19-7-8-20(25)21(26)14-19/h2-8,14-15H,9-13H2,1H3. The number of halogens is 2. The maximum atomic E-state index is 13.7. The predicted molar refractivity (Wildman–Crippen MR) is 120 cm³/mol. The first-order valence-electron chi connectivity index (χ1n) is 11.0. The number of nitrogens with zero attached hydrogens (tertiary/aromatic N) is 4. The second-order valence-corrected chi connectivity index (χ2v) is 10.4. The van der Waals surface area contributed by atoms with E-state index < -0.39 is 27.1 Å². The van der Waals surface area contributed by atoms with Crippen molar-refractivity contribution < 1.29 is 26.1 Å². The van der Waals surface area contributed by atoms with Gasteiger partial charge >= 0.3 is 0 Å². The Morgan fingerprint density at radius 1 is 1.06 bits per heavy atom.